The minimum absolute atomic E-state index is 0.740. The molecule has 0 saturated heterocycles. The lowest BCUT2D eigenvalue weighted by molar-refractivity contribution is 1.38. The average Bonchev–Trinajstić information content (AvgIpc) is 1.64. The summed E-state index contributed by atoms with van der Waals surface area (Å²) in [4.78, 5) is 0. The Hall–Kier alpha value is 0.434. The monoisotopic (exact) mass is 160 g/mol. The maximum Gasteiger partial charge on any atom is 0.0407 e. The second-order valence-electron chi connectivity index (χ2n) is 4.49. The van der Waals surface area contributed by atoms with E-state index in [0.717, 1.165) is 0 Å². The van der Waals surface area contributed by atoms with Gasteiger partial charge in [0.1, 0.15) is 0 Å². The highest BCUT2D eigenvalue weighted by atomic mass is 29.3. The van der Waals surface area contributed by atoms with E-state index in [0.29, 0.717) is 0 Å². The summed E-state index contributed by atoms with van der Waals surface area (Å²) >= 11 is 0. The first-order valence-corrected chi connectivity index (χ1v) is 11.5. The Morgan fingerprint density at radius 1 is 0.889 bits per heavy atom. The van der Waals surface area contributed by atoms with Gasteiger partial charge in [-0.15, -0.1) is 0 Å². The molecule has 0 N–H and O–H groups in total. The average molecular weight is 160 g/mol. The van der Waals surface area contributed by atoms with Gasteiger partial charge in [-0.3, -0.25) is 0 Å². The van der Waals surface area contributed by atoms with Crippen LogP contribution in [0.3, 0.4) is 0 Å². The zero-order valence-corrected chi connectivity index (χ0v) is 9.71. The van der Waals surface area contributed by atoms with E-state index in [9.17, 15) is 0 Å². The third-order valence-electron chi connectivity index (χ3n) is 2.91. The Bertz CT molecular complexity index is 89.6. The molecule has 0 aromatic carbocycles. The van der Waals surface area contributed by atoms with Crippen molar-refractivity contribution in [2.45, 2.75) is 45.7 Å². The van der Waals surface area contributed by atoms with Crippen LogP contribution in [0.1, 0.15) is 6.92 Å². The Balaban J connectivity index is 4.14. The van der Waals surface area contributed by atoms with E-state index in [1.807, 2.05) is 0 Å². The fourth-order valence-electron chi connectivity index (χ4n) is 0.530. The molecule has 2 heteroatoms. The first kappa shape index (κ1) is 9.43. The molecule has 56 valence electrons. The van der Waals surface area contributed by atoms with Crippen molar-refractivity contribution >= 4 is 15.2 Å². The van der Waals surface area contributed by atoms with Gasteiger partial charge in [-0.25, -0.2) is 0 Å². The largest absolute Gasteiger partial charge is 0.0715 e. The summed E-state index contributed by atoms with van der Waals surface area (Å²) in [6.07, 6.45) is 0. The van der Waals surface area contributed by atoms with Crippen molar-refractivity contribution in [3.8, 4) is 0 Å². The first-order valence-electron chi connectivity index (χ1n) is 3.81. The quantitative estimate of drug-likeness (QED) is 0.545. The van der Waals surface area contributed by atoms with Crippen molar-refractivity contribution in [1.82, 2.24) is 0 Å². The fraction of sp³-hybridized carbons (Fsp3) is 1.00. The van der Waals surface area contributed by atoms with Gasteiger partial charge in [-0.2, -0.15) is 0 Å². The maximum absolute atomic E-state index is 2.53. The molecule has 0 heterocycles. The molecular weight excluding hydrogens is 140 g/mol. The van der Waals surface area contributed by atoms with Crippen LogP contribution in [0.2, 0.25) is 38.8 Å². The lowest BCUT2D eigenvalue weighted by Gasteiger charge is -2.34. The first-order chi connectivity index (χ1) is 3.81. The summed E-state index contributed by atoms with van der Waals surface area (Å²) in [6, 6.07) is 1.46. The summed E-state index contributed by atoms with van der Waals surface area (Å²) < 4.78 is 0. The second-order valence-corrected chi connectivity index (χ2v) is 22.0. The van der Waals surface area contributed by atoms with Gasteiger partial charge in [-0.05, 0) is 0 Å². The van der Waals surface area contributed by atoms with E-state index >= 15 is 0 Å². The highest BCUT2D eigenvalue weighted by Gasteiger charge is 2.34. The molecule has 0 aliphatic carbocycles. The zero-order chi connectivity index (χ0) is 7.71. The summed E-state index contributed by atoms with van der Waals surface area (Å²) in [7, 11) is -1.49. The van der Waals surface area contributed by atoms with E-state index < -0.39 is 15.2 Å². The van der Waals surface area contributed by atoms with Crippen molar-refractivity contribution in [1.29, 1.82) is 0 Å². The smallest absolute Gasteiger partial charge is 0.0407 e. The van der Waals surface area contributed by atoms with Crippen molar-refractivity contribution in [2.24, 2.45) is 0 Å². The van der Waals surface area contributed by atoms with Crippen LogP contribution in [-0.2, 0) is 0 Å². The van der Waals surface area contributed by atoms with E-state index in [4.69, 9.17) is 0 Å². The van der Waals surface area contributed by atoms with Crippen molar-refractivity contribution in [3.05, 3.63) is 0 Å². The number of rotatable bonds is 2. The van der Waals surface area contributed by atoms with Crippen LogP contribution >= 0.6 is 0 Å². The number of hydrogen-bond donors (Lipinski definition) is 0. The molecule has 0 aromatic heterocycles. The van der Waals surface area contributed by atoms with Gasteiger partial charge in [0.2, 0.25) is 0 Å². The summed E-state index contributed by atoms with van der Waals surface area (Å²) in [5, 5.41) is 0. The van der Waals surface area contributed by atoms with Crippen LogP contribution in [-0.4, -0.2) is 15.2 Å². The molecule has 0 saturated carbocycles. The molecule has 0 nitrogen and oxygen atoms in total. The molecule has 0 bridgehead atoms. The standard InChI is InChI=1S/C7H20Si2/c1-7-9(5,6)8(2,3)4/h7H2,1-6H3. The van der Waals surface area contributed by atoms with Crippen LogP contribution in [0, 0.1) is 0 Å². The third-order valence-corrected chi connectivity index (χ3v) is 22.0. The van der Waals surface area contributed by atoms with Crippen molar-refractivity contribution in [2.75, 3.05) is 0 Å². The highest BCUT2D eigenvalue weighted by Crippen LogP contribution is 2.21. The molecule has 0 aliphatic heterocycles. The topological polar surface area (TPSA) is 0 Å². The maximum atomic E-state index is 2.53. The van der Waals surface area contributed by atoms with E-state index in [-0.39, 0.29) is 0 Å². The molecule has 0 rings (SSSR count). The van der Waals surface area contributed by atoms with E-state index in [1.165, 1.54) is 6.04 Å². The van der Waals surface area contributed by atoms with Crippen LogP contribution < -0.4 is 0 Å². The normalized spacial score (nSPS) is 14.0. The molecule has 0 aliphatic rings. The fourth-order valence-corrected chi connectivity index (χ4v) is 4.77. The molecule has 0 spiro atoms. The summed E-state index contributed by atoms with van der Waals surface area (Å²) in [5.41, 5.74) is 0. The molecule has 0 fully saturated rings. The van der Waals surface area contributed by atoms with Gasteiger partial charge in [-0.1, -0.05) is 45.7 Å². The van der Waals surface area contributed by atoms with Gasteiger partial charge in [0.25, 0.3) is 0 Å². The third kappa shape index (κ3) is 2.26. The second kappa shape index (κ2) is 2.58. The molecule has 0 amide bonds. The number of hydrogen-bond acceptors (Lipinski definition) is 0. The van der Waals surface area contributed by atoms with Gasteiger partial charge < -0.3 is 0 Å². The molecule has 0 atom stereocenters. The van der Waals surface area contributed by atoms with E-state index in [2.05, 4.69) is 39.7 Å². The molecule has 0 radical (unpaired) electrons. The van der Waals surface area contributed by atoms with Crippen LogP contribution in [0.15, 0.2) is 0 Å². The Morgan fingerprint density at radius 3 is 1.22 bits per heavy atom. The summed E-state index contributed by atoms with van der Waals surface area (Å²) in [6.45, 7) is 14.9. The van der Waals surface area contributed by atoms with Gasteiger partial charge in [0.05, 0.1) is 0 Å². The molecule has 0 aromatic rings. The minimum Gasteiger partial charge on any atom is -0.0715 e. The molecule has 0 unspecified atom stereocenters. The highest BCUT2D eigenvalue weighted by molar-refractivity contribution is 7.40. The van der Waals surface area contributed by atoms with Gasteiger partial charge in [0, 0.05) is 15.2 Å². The van der Waals surface area contributed by atoms with Crippen molar-refractivity contribution < 1.29 is 0 Å². The summed E-state index contributed by atoms with van der Waals surface area (Å²) in [5.74, 6) is 0. The molecule has 9 heavy (non-hydrogen) atoms. The predicted octanol–water partition coefficient (Wildman–Crippen LogP) is 3.13. The Morgan fingerprint density at radius 2 is 1.22 bits per heavy atom. The lowest BCUT2D eigenvalue weighted by atomic mass is 11.0. The van der Waals surface area contributed by atoms with Crippen molar-refractivity contribution in [3.63, 3.8) is 0 Å². The van der Waals surface area contributed by atoms with Gasteiger partial charge >= 0.3 is 0 Å². The van der Waals surface area contributed by atoms with Crippen LogP contribution in [0.4, 0.5) is 0 Å². The van der Waals surface area contributed by atoms with Crippen LogP contribution in [0.25, 0.3) is 0 Å². The zero-order valence-electron chi connectivity index (χ0n) is 7.71. The minimum atomic E-state index is -0.746. The lowest BCUT2D eigenvalue weighted by Crippen LogP contribution is -2.51. The van der Waals surface area contributed by atoms with Crippen LogP contribution in [0.5, 0.6) is 0 Å². The Labute approximate surface area is 61.5 Å². The van der Waals surface area contributed by atoms with E-state index in [1.54, 1.807) is 0 Å². The SMILES string of the molecule is CC[Si](C)(C)[Si](C)(C)C. The van der Waals surface area contributed by atoms with Gasteiger partial charge in [0.15, 0.2) is 0 Å². The molecular formula is C7H20Si2. The Kier molecular flexibility index (Phi) is 2.71. The predicted molar refractivity (Wildman–Crippen MR) is 51.3 cm³/mol.